The Morgan fingerprint density at radius 1 is 1.13 bits per heavy atom. The minimum atomic E-state index is -0.0908. The number of hydrogen-bond acceptors (Lipinski definition) is 2. The summed E-state index contributed by atoms with van der Waals surface area (Å²) < 4.78 is 5.12. The first-order valence-electron chi connectivity index (χ1n) is 7.01. The van der Waals surface area contributed by atoms with Crippen molar-refractivity contribution in [1.29, 1.82) is 0 Å². The van der Waals surface area contributed by atoms with Crippen LogP contribution in [0.1, 0.15) is 11.1 Å². The predicted octanol–water partition coefficient (Wildman–Crippen LogP) is 4.67. The molecular formula is C18H17Cl2NO2. The van der Waals surface area contributed by atoms with Gasteiger partial charge in [0.2, 0.25) is 5.91 Å². The van der Waals surface area contributed by atoms with Gasteiger partial charge in [-0.15, -0.1) is 0 Å². The molecule has 0 unspecified atom stereocenters. The normalized spacial score (nSPS) is 10.8. The van der Waals surface area contributed by atoms with E-state index >= 15 is 0 Å². The van der Waals surface area contributed by atoms with Gasteiger partial charge >= 0.3 is 0 Å². The van der Waals surface area contributed by atoms with E-state index in [0.717, 1.165) is 16.9 Å². The summed E-state index contributed by atoms with van der Waals surface area (Å²) in [5.41, 5.74) is 1.86. The lowest BCUT2D eigenvalue weighted by atomic mass is 10.2. The average Bonchev–Trinajstić information content (AvgIpc) is 2.56. The van der Waals surface area contributed by atoms with Crippen molar-refractivity contribution in [3.8, 4) is 5.75 Å². The number of benzene rings is 2. The molecule has 2 aromatic rings. The van der Waals surface area contributed by atoms with Crippen molar-refractivity contribution in [1.82, 2.24) is 4.90 Å². The third-order valence-corrected chi connectivity index (χ3v) is 4.06. The standard InChI is InChI=1S/C18H17Cl2NO2/c1-21(12-14-3-7-15(23-2)8-4-14)18(22)10-6-13-5-9-16(19)17(20)11-13/h3-11H,12H2,1-2H3/b10-6+. The number of hydrogen-bond donors (Lipinski definition) is 0. The van der Waals surface area contributed by atoms with Gasteiger partial charge in [-0.25, -0.2) is 0 Å². The lowest BCUT2D eigenvalue weighted by molar-refractivity contribution is -0.125. The third kappa shape index (κ3) is 5.02. The fraction of sp³-hybridized carbons (Fsp3) is 0.167. The van der Waals surface area contributed by atoms with Crippen LogP contribution in [0.4, 0.5) is 0 Å². The summed E-state index contributed by atoms with van der Waals surface area (Å²) in [6.45, 7) is 0.522. The molecule has 0 aromatic heterocycles. The number of amides is 1. The molecule has 5 heteroatoms. The van der Waals surface area contributed by atoms with Gasteiger partial charge in [0, 0.05) is 19.7 Å². The van der Waals surface area contributed by atoms with Crippen LogP contribution in [0.25, 0.3) is 6.08 Å². The highest BCUT2D eigenvalue weighted by molar-refractivity contribution is 6.42. The SMILES string of the molecule is COc1ccc(CN(C)C(=O)/C=C/c2ccc(Cl)c(Cl)c2)cc1. The summed E-state index contributed by atoms with van der Waals surface area (Å²) in [7, 11) is 3.38. The molecule has 0 aliphatic heterocycles. The van der Waals surface area contributed by atoms with Crippen molar-refractivity contribution in [2.75, 3.05) is 14.2 Å². The molecule has 0 fully saturated rings. The van der Waals surface area contributed by atoms with Crippen LogP contribution in [-0.2, 0) is 11.3 Å². The van der Waals surface area contributed by atoms with E-state index in [1.807, 2.05) is 30.3 Å². The Balaban J connectivity index is 1.98. The van der Waals surface area contributed by atoms with Gasteiger partial charge in [0.05, 0.1) is 17.2 Å². The fourth-order valence-corrected chi connectivity index (χ4v) is 2.30. The topological polar surface area (TPSA) is 29.5 Å². The molecule has 0 saturated heterocycles. The molecule has 0 heterocycles. The highest BCUT2D eigenvalue weighted by Gasteiger charge is 2.06. The molecule has 0 N–H and O–H groups in total. The molecule has 3 nitrogen and oxygen atoms in total. The highest BCUT2D eigenvalue weighted by Crippen LogP contribution is 2.23. The maximum Gasteiger partial charge on any atom is 0.246 e. The summed E-state index contributed by atoms with van der Waals surface area (Å²) in [6.07, 6.45) is 3.23. The smallest absolute Gasteiger partial charge is 0.246 e. The van der Waals surface area contributed by atoms with Crippen LogP contribution in [-0.4, -0.2) is 25.0 Å². The Labute approximate surface area is 146 Å². The molecular weight excluding hydrogens is 333 g/mol. The molecule has 0 spiro atoms. The monoisotopic (exact) mass is 349 g/mol. The molecule has 2 aromatic carbocycles. The van der Waals surface area contributed by atoms with Gasteiger partial charge in [-0.05, 0) is 41.5 Å². The van der Waals surface area contributed by atoms with E-state index in [1.165, 1.54) is 6.08 Å². The van der Waals surface area contributed by atoms with Gasteiger partial charge in [-0.2, -0.15) is 0 Å². The number of nitrogens with zero attached hydrogens (tertiary/aromatic N) is 1. The molecule has 120 valence electrons. The van der Waals surface area contributed by atoms with Gasteiger partial charge in [-0.3, -0.25) is 4.79 Å². The Kier molecular flexibility index (Phi) is 6.08. The number of methoxy groups -OCH3 is 1. The molecule has 0 bridgehead atoms. The Morgan fingerprint density at radius 3 is 2.43 bits per heavy atom. The van der Waals surface area contributed by atoms with Crippen LogP contribution in [0.2, 0.25) is 10.0 Å². The minimum Gasteiger partial charge on any atom is -0.497 e. The largest absolute Gasteiger partial charge is 0.497 e. The van der Waals surface area contributed by atoms with Crippen molar-refractivity contribution in [2.45, 2.75) is 6.54 Å². The van der Waals surface area contributed by atoms with E-state index in [1.54, 1.807) is 37.3 Å². The molecule has 0 aliphatic rings. The lowest BCUT2D eigenvalue weighted by Gasteiger charge is -2.15. The highest BCUT2D eigenvalue weighted by atomic mass is 35.5. The summed E-state index contributed by atoms with van der Waals surface area (Å²) in [6, 6.07) is 12.8. The van der Waals surface area contributed by atoms with Crippen LogP contribution >= 0.6 is 23.2 Å². The van der Waals surface area contributed by atoms with Crippen LogP contribution < -0.4 is 4.74 Å². The zero-order valence-corrected chi connectivity index (χ0v) is 14.4. The minimum absolute atomic E-state index is 0.0908. The number of carbonyl (C=O) groups is 1. The second-order valence-electron chi connectivity index (χ2n) is 5.05. The first-order chi connectivity index (χ1) is 11.0. The number of halogens is 2. The lowest BCUT2D eigenvalue weighted by Crippen LogP contribution is -2.24. The summed E-state index contributed by atoms with van der Waals surface area (Å²) >= 11 is 11.8. The fourth-order valence-electron chi connectivity index (χ4n) is 1.99. The van der Waals surface area contributed by atoms with Crippen LogP contribution in [0.15, 0.2) is 48.5 Å². The van der Waals surface area contributed by atoms with Gasteiger partial charge in [-0.1, -0.05) is 41.4 Å². The van der Waals surface area contributed by atoms with E-state index < -0.39 is 0 Å². The van der Waals surface area contributed by atoms with Crippen molar-refractivity contribution in [3.05, 3.63) is 69.7 Å². The summed E-state index contributed by atoms with van der Waals surface area (Å²) in [5.74, 6) is 0.703. The van der Waals surface area contributed by atoms with Crippen LogP contribution in [0, 0.1) is 0 Å². The van der Waals surface area contributed by atoms with E-state index in [2.05, 4.69) is 0 Å². The van der Waals surface area contributed by atoms with Crippen molar-refractivity contribution >= 4 is 35.2 Å². The number of likely N-dealkylation sites (N-methyl/N-ethyl adjacent to an activating group) is 1. The first-order valence-corrected chi connectivity index (χ1v) is 7.76. The quantitative estimate of drug-likeness (QED) is 0.733. The molecule has 0 saturated carbocycles. The predicted molar refractivity (Wildman–Crippen MR) is 95.0 cm³/mol. The van der Waals surface area contributed by atoms with Gasteiger partial charge in [0.1, 0.15) is 5.75 Å². The molecule has 0 atom stereocenters. The number of carbonyl (C=O) groups excluding carboxylic acids is 1. The van der Waals surface area contributed by atoms with Crippen molar-refractivity contribution < 1.29 is 9.53 Å². The molecule has 0 aliphatic carbocycles. The zero-order valence-electron chi connectivity index (χ0n) is 12.9. The van der Waals surface area contributed by atoms with Crippen molar-refractivity contribution in [2.24, 2.45) is 0 Å². The summed E-state index contributed by atoms with van der Waals surface area (Å²) in [5, 5.41) is 0.958. The van der Waals surface area contributed by atoms with Crippen molar-refractivity contribution in [3.63, 3.8) is 0 Å². The van der Waals surface area contributed by atoms with E-state index in [4.69, 9.17) is 27.9 Å². The van der Waals surface area contributed by atoms with Crippen LogP contribution in [0.3, 0.4) is 0 Å². The van der Waals surface area contributed by atoms with Gasteiger partial charge in [0.25, 0.3) is 0 Å². The zero-order chi connectivity index (χ0) is 16.8. The molecule has 0 radical (unpaired) electrons. The summed E-state index contributed by atoms with van der Waals surface area (Å²) in [4.78, 5) is 13.8. The first kappa shape index (κ1) is 17.4. The Bertz CT molecular complexity index is 711. The second-order valence-corrected chi connectivity index (χ2v) is 5.86. The number of ether oxygens (including phenoxy) is 1. The maximum absolute atomic E-state index is 12.2. The van der Waals surface area contributed by atoms with E-state index in [0.29, 0.717) is 16.6 Å². The molecule has 2 rings (SSSR count). The molecule has 1 amide bonds. The molecule has 23 heavy (non-hydrogen) atoms. The number of rotatable bonds is 5. The van der Waals surface area contributed by atoms with Gasteiger partial charge < -0.3 is 9.64 Å². The van der Waals surface area contributed by atoms with E-state index in [9.17, 15) is 4.79 Å². The van der Waals surface area contributed by atoms with Crippen LogP contribution in [0.5, 0.6) is 5.75 Å². The Morgan fingerprint density at radius 2 is 1.83 bits per heavy atom. The second kappa shape index (κ2) is 8.04. The van der Waals surface area contributed by atoms with Gasteiger partial charge in [0.15, 0.2) is 0 Å². The van der Waals surface area contributed by atoms with E-state index in [-0.39, 0.29) is 5.91 Å². The third-order valence-electron chi connectivity index (χ3n) is 3.32. The average molecular weight is 350 g/mol. The maximum atomic E-state index is 12.2. The Hall–Kier alpha value is -1.97.